The monoisotopic (exact) mass is 462 g/mol. The maximum Gasteiger partial charge on any atom is 0.252 e. The van der Waals surface area contributed by atoms with Gasteiger partial charge in [-0.2, -0.15) is 0 Å². The van der Waals surface area contributed by atoms with Crippen LogP contribution in [0.2, 0.25) is 0 Å². The van der Waals surface area contributed by atoms with Gasteiger partial charge >= 0.3 is 0 Å². The van der Waals surface area contributed by atoms with Crippen LogP contribution in [0.15, 0.2) is 53.5 Å². The van der Waals surface area contributed by atoms with E-state index in [2.05, 4.69) is 10.0 Å². The molecule has 0 saturated heterocycles. The molecular formula is C22H22F2N3O4S-. The zero-order valence-electron chi connectivity index (χ0n) is 17.5. The van der Waals surface area contributed by atoms with Crippen molar-refractivity contribution in [1.29, 1.82) is 0 Å². The Morgan fingerprint density at radius 1 is 1.09 bits per heavy atom. The predicted octanol–water partition coefficient (Wildman–Crippen LogP) is 3.48. The molecule has 0 amide bonds. The number of pyridine rings is 1. The standard InChI is InChI=1S/C22H23F2N3O4S/c1-3-25-19-12-22(28)27(2)13-17(19)16-10-14(8-9-26-32(29)30)4-6-20(16)31-21-7-5-15(23)11-18(21)24/h4-7,10-13,25-26H,3,8-9H2,1-2H3,(H,29,30)/p-1. The molecule has 0 radical (unpaired) electrons. The molecule has 0 fully saturated rings. The maximum absolute atomic E-state index is 14.2. The van der Waals surface area contributed by atoms with Gasteiger partial charge in [0.2, 0.25) is 0 Å². The Kier molecular flexibility index (Phi) is 7.73. The van der Waals surface area contributed by atoms with E-state index in [1.165, 1.54) is 16.7 Å². The number of nitrogens with one attached hydrogen (secondary N) is 2. The molecule has 0 aliphatic heterocycles. The molecule has 10 heteroatoms. The second-order valence-electron chi connectivity index (χ2n) is 6.97. The largest absolute Gasteiger partial charge is 0.760 e. The summed E-state index contributed by atoms with van der Waals surface area (Å²) in [5.41, 5.74) is 2.34. The highest BCUT2D eigenvalue weighted by atomic mass is 32.2. The van der Waals surface area contributed by atoms with E-state index in [-0.39, 0.29) is 23.6 Å². The van der Waals surface area contributed by atoms with E-state index < -0.39 is 22.9 Å². The van der Waals surface area contributed by atoms with Gasteiger partial charge in [0.1, 0.15) is 11.6 Å². The molecule has 170 valence electrons. The van der Waals surface area contributed by atoms with Crippen LogP contribution < -0.4 is 20.3 Å². The number of benzene rings is 2. The van der Waals surface area contributed by atoms with E-state index in [0.717, 1.165) is 17.7 Å². The summed E-state index contributed by atoms with van der Waals surface area (Å²) in [5.74, 6) is -1.44. The average molecular weight is 462 g/mol. The van der Waals surface area contributed by atoms with Gasteiger partial charge < -0.3 is 19.2 Å². The summed E-state index contributed by atoms with van der Waals surface area (Å²) < 4.78 is 58.5. The van der Waals surface area contributed by atoms with E-state index in [9.17, 15) is 22.3 Å². The lowest BCUT2D eigenvalue weighted by Crippen LogP contribution is -2.19. The first-order chi connectivity index (χ1) is 15.3. The molecule has 0 aliphatic rings. The zero-order valence-corrected chi connectivity index (χ0v) is 18.3. The summed E-state index contributed by atoms with van der Waals surface area (Å²) in [7, 11) is 1.61. The van der Waals surface area contributed by atoms with Gasteiger partial charge in [-0.15, -0.1) is 0 Å². The van der Waals surface area contributed by atoms with E-state index in [4.69, 9.17) is 4.74 Å². The molecule has 3 aromatic rings. The first-order valence-electron chi connectivity index (χ1n) is 9.82. The van der Waals surface area contributed by atoms with Crippen LogP contribution >= 0.6 is 0 Å². The van der Waals surface area contributed by atoms with E-state index in [0.29, 0.717) is 29.8 Å². The Morgan fingerprint density at radius 3 is 2.53 bits per heavy atom. The average Bonchev–Trinajstić information content (AvgIpc) is 2.73. The van der Waals surface area contributed by atoms with Crippen molar-refractivity contribution in [1.82, 2.24) is 9.29 Å². The minimum atomic E-state index is -2.37. The molecule has 2 N–H and O–H groups in total. The van der Waals surface area contributed by atoms with Crippen LogP contribution in [0.4, 0.5) is 14.5 Å². The highest BCUT2D eigenvalue weighted by Gasteiger charge is 2.16. The number of anilines is 1. The molecule has 7 nitrogen and oxygen atoms in total. The van der Waals surface area contributed by atoms with Crippen molar-refractivity contribution in [3.63, 3.8) is 0 Å². The normalized spacial score (nSPS) is 11.9. The highest BCUT2D eigenvalue weighted by molar-refractivity contribution is 7.77. The van der Waals surface area contributed by atoms with Crippen LogP contribution in [0.3, 0.4) is 0 Å². The van der Waals surface area contributed by atoms with Crippen LogP contribution in [0.5, 0.6) is 11.5 Å². The zero-order chi connectivity index (χ0) is 23.3. The van der Waals surface area contributed by atoms with Gasteiger partial charge in [0.15, 0.2) is 11.6 Å². The smallest absolute Gasteiger partial charge is 0.252 e. The van der Waals surface area contributed by atoms with Gasteiger partial charge in [0, 0.05) is 66.5 Å². The summed E-state index contributed by atoms with van der Waals surface area (Å²) in [5, 5.41) is 3.14. The van der Waals surface area contributed by atoms with Crippen LogP contribution in [-0.2, 0) is 24.7 Å². The Morgan fingerprint density at radius 2 is 1.84 bits per heavy atom. The summed E-state index contributed by atoms with van der Waals surface area (Å²) in [6.45, 7) is 2.63. The number of aromatic nitrogens is 1. The quantitative estimate of drug-likeness (QED) is 0.475. The van der Waals surface area contributed by atoms with Gasteiger partial charge in [0.25, 0.3) is 5.56 Å². The minimum Gasteiger partial charge on any atom is -0.760 e. The number of nitrogens with zero attached hydrogens (tertiary/aromatic N) is 1. The first-order valence-corrected chi connectivity index (χ1v) is 10.9. The number of rotatable bonds is 9. The number of hydrogen-bond acceptors (Lipinski definition) is 5. The SMILES string of the molecule is CCNc1cc(=O)n(C)cc1-c1cc(CCNS(=O)[O-])ccc1Oc1ccc(F)cc1F. The molecule has 0 aliphatic carbocycles. The van der Waals surface area contributed by atoms with Crippen LogP contribution in [0.1, 0.15) is 12.5 Å². The van der Waals surface area contributed by atoms with E-state index in [1.54, 1.807) is 31.4 Å². The highest BCUT2D eigenvalue weighted by Crippen LogP contribution is 2.38. The third-order valence-electron chi connectivity index (χ3n) is 4.68. The topological polar surface area (TPSA) is 95.4 Å². The lowest BCUT2D eigenvalue weighted by molar-refractivity contribution is 0.439. The van der Waals surface area contributed by atoms with Gasteiger partial charge in [-0.3, -0.25) is 9.00 Å². The van der Waals surface area contributed by atoms with Crippen LogP contribution in [0.25, 0.3) is 11.1 Å². The lowest BCUT2D eigenvalue weighted by atomic mass is 10.00. The Hall–Kier alpha value is -3.08. The summed E-state index contributed by atoms with van der Waals surface area (Å²) in [6.07, 6.45) is 2.03. The van der Waals surface area contributed by atoms with Crippen molar-refractivity contribution in [2.75, 3.05) is 18.4 Å². The summed E-state index contributed by atoms with van der Waals surface area (Å²) in [6, 6.07) is 9.61. The molecular weight excluding hydrogens is 440 g/mol. The number of hydrogen-bond donors (Lipinski definition) is 2. The summed E-state index contributed by atoms with van der Waals surface area (Å²) >= 11 is -2.37. The molecule has 0 bridgehead atoms. The van der Waals surface area contributed by atoms with Crippen molar-refractivity contribution >= 4 is 17.0 Å². The molecule has 2 aromatic carbocycles. The fraction of sp³-hybridized carbons (Fsp3) is 0.227. The Balaban J connectivity index is 2.10. The Labute approximate surface area is 186 Å². The predicted molar refractivity (Wildman–Crippen MR) is 118 cm³/mol. The van der Waals surface area contributed by atoms with Crippen molar-refractivity contribution in [2.24, 2.45) is 7.05 Å². The fourth-order valence-corrected chi connectivity index (χ4v) is 3.44. The Bertz CT molecular complexity index is 1200. The van der Waals surface area contributed by atoms with E-state index in [1.807, 2.05) is 6.92 Å². The van der Waals surface area contributed by atoms with Gasteiger partial charge in [-0.25, -0.2) is 13.5 Å². The second kappa shape index (κ2) is 10.5. The third kappa shape index (κ3) is 5.78. The molecule has 0 saturated carbocycles. The third-order valence-corrected chi connectivity index (χ3v) is 5.12. The second-order valence-corrected chi connectivity index (χ2v) is 7.72. The van der Waals surface area contributed by atoms with Gasteiger partial charge in [-0.05, 0) is 43.2 Å². The number of ether oxygens (including phenoxy) is 1. The van der Waals surface area contributed by atoms with Crippen molar-refractivity contribution in [2.45, 2.75) is 13.3 Å². The van der Waals surface area contributed by atoms with Gasteiger partial charge in [-0.1, -0.05) is 6.07 Å². The number of aryl methyl sites for hydroxylation is 1. The molecule has 3 rings (SSSR count). The molecule has 1 heterocycles. The van der Waals surface area contributed by atoms with Gasteiger partial charge in [0.05, 0.1) is 0 Å². The van der Waals surface area contributed by atoms with Crippen LogP contribution in [-0.4, -0.2) is 26.4 Å². The molecule has 1 unspecified atom stereocenters. The molecule has 1 aromatic heterocycles. The molecule has 32 heavy (non-hydrogen) atoms. The number of halogens is 2. The first kappa shape index (κ1) is 23.6. The molecule has 0 spiro atoms. The maximum atomic E-state index is 14.2. The minimum absolute atomic E-state index is 0.154. The lowest BCUT2D eigenvalue weighted by Gasteiger charge is -2.18. The van der Waals surface area contributed by atoms with Crippen LogP contribution in [0, 0.1) is 11.6 Å². The van der Waals surface area contributed by atoms with Crippen molar-refractivity contribution in [3.05, 3.63) is 76.2 Å². The van der Waals surface area contributed by atoms with Crippen molar-refractivity contribution < 1.29 is 22.3 Å². The van der Waals surface area contributed by atoms with Crippen molar-refractivity contribution in [3.8, 4) is 22.6 Å². The summed E-state index contributed by atoms with van der Waals surface area (Å²) in [4.78, 5) is 12.2. The van der Waals surface area contributed by atoms with E-state index >= 15 is 0 Å². The molecule has 1 atom stereocenters. The fourth-order valence-electron chi connectivity index (χ4n) is 3.17.